The van der Waals surface area contributed by atoms with Crippen LogP contribution in [0.4, 0.5) is 13.2 Å². The molecular weight excluding hydrogens is 227 g/mol. The number of hydrogen-bond donors (Lipinski definition) is 2. The molecule has 0 amide bonds. The summed E-state index contributed by atoms with van der Waals surface area (Å²) in [5.41, 5.74) is -1.28. The predicted octanol–water partition coefficient (Wildman–Crippen LogP) is 0.954. The van der Waals surface area contributed by atoms with Gasteiger partial charge in [-0.05, 0) is 13.8 Å². The molecule has 4 nitrogen and oxygen atoms in total. The quantitative estimate of drug-likeness (QED) is 0.729. The Morgan fingerprint density at radius 2 is 1.75 bits per heavy atom. The van der Waals surface area contributed by atoms with Crippen molar-refractivity contribution in [2.45, 2.75) is 20.0 Å². The van der Waals surface area contributed by atoms with Crippen molar-refractivity contribution in [1.29, 1.82) is 0 Å². The maximum Gasteiger partial charge on any atom is 0.401 e. The molecule has 0 fully saturated rings. The molecule has 0 aliphatic heterocycles. The zero-order valence-corrected chi connectivity index (χ0v) is 9.21. The number of carbonyl (C=O) groups is 1. The molecule has 0 aliphatic rings. The lowest BCUT2D eigenvalue weighted by Gasteiger charge is -2.29. The molecule has 0 saturated heterocycles. The number of aliphatic hydroxyl groups excluding tert-OH is 1. The Kier molecular flexibility index (Phi) is 5.21. The highest BCUT2D eigenvalue weighted by Gasteiger charge is 2.35. The maximum absolute atomic E-state index is 12.1. The van der Waals surface area contributed by atoms with Gasteiger partial charge < -0.3 is 10.2 Å². The topological polar surface area (TPSA) is 60.8 Å². The predicted molar refractivity (Wildman–Crippen MR) is 51.0 cm³/mol. The van der Waals surface area contributed by atoms with E-state index in [1.54, 1.807) is 0 Å². The first-order chi connectivity index (χ1) is 7.08. The van der Waals surface area contributed by atoms with E-state index in [0.29, 0.717) is 0 Å². The van der Waals surface area contributed by atoms with Crippen LogP contribution < -0.4 is 0 Å². The Morgan fingerprint density at radius 1 is 1.25 bits per heavy atom. The number of carboxylic acids is 1. The lowest BCUT2D eigenvalue weighted by atomic mass is 9.93. The summed E-state index contributed by atoms with van der Waals surface area (Å²) in [4.78, 5) is 11.6. The van der Waals surface area contributed by atoms with Gasteiger partial charge in [0.15, 0.2) is 0 Å². The molecule has 96 valence electrons. The van der Waals surface area contributed by atoms with E-state index in [0.717, 1.165) is 4.90 Å². The fourth-order valence-electron chi connectivity index (χ4n) is 1.24. The van der Waals surface area contributed by atoms with Crippen LogP contribution in [-0.4, -0.2) is 53.5 Å². The Labute approximate surface area is 91.7 Å². The summed E-state index contributed by atoms with van der Waals surface area (Å²) in [6, 6.07) is 0. The van der Waals surface area contributed by atoms with Gasteiger partial charge in [0.05, 0.1) is 18.6 Å². The number of hydrogen-bond acceptors (Lipinski definition) is 3. The molecular formula is C9H16F3NO3. The van der Waals surface area contributed by atoms with Crippen LogP contribution in [0.1, 0.15) is 13.8 Å². The summed E-state index contributed by atoms with van der Waals surface area (Å²) in [6.07, 6.45) is -4.40. The molecule has 0 atom stereocenters. The van der Waals surface area contributed by atoms with E-state index in [1.165, 1.54) is 13.8 Å². The van der Waals surface area contributed by atoms with E-state index in [2.05, 4.69) is 0 Å². The number of halogens is 3. The molecule has 0 rings (SSSR count). The number of rotatable bonds is 6. The molecule has 0 heterocycles. The highest BCUT2D eigenvalue weighted by Crippen LogP contribution is 2.21. The second-order valence-corrected chi connectivity index (χ2v) is 4.24. The van der Waals surface area contributed by atoms with E-state index in [9.17, 15) is 18.0 Å². The molecule has 0 aliphatic carbocycles. The van der Waals surface area contributed by atoms with Gasteiger partial charge in [-0.3, -0.25) is 9.69 Å². The zero-order valence-electron chi connectivity index (χ0n) is 9.21. The first-order valence-electron chi connectivity index (χ1n) is 4.72. The molecule has 0 radical (unpaired) electrons. The van der Waals surface area contributed by atoms with Gasteiger partial charge >= 0.3 is 12.1 Å². The Morgan fingerprint density at radius 3 is 2.06 bits per heavy atom. The van der Waals surface area contributed by atoms with Crippen molar-refractivity contribution in [1.82, 2.24) is 4.90 Å². The standard InChI is InChI=1S/C9H16F3NO3/c1-8(2,7(15)16)5-13(3-4-14)6-9(10,11)12/h14H,3-6H2,1-2H3,(H,15,16). The molecule has 0 bridgehead atoms. The van der Waals surface area contributed by atoms with Gasteiger partial charge in [-0.25, -0.2) is 0 Å². The smallest absolute Gasteiger partial charge is 0.401 e. The van der Waals surface area contributed by atoms with Crippen LogP contribution in [0.25, 0.3) is 0 Å². The number of aliphatic carboxylic acids is 1. The molecule has 0 unspecified atom stereocenters. The number of alkyl halides is 3. The van der Waals surface area contributed by atoms with E-state index in [1.807, 2.05) is 0 Å². The first-order valence-corrected chi connectivity index (χ1v) is 4.72. The van der Waals surface area contributed by atoms with Gasteiger partial charge in [-0.15, -0.1) is 0 Å². The highest BCUT2D eigenvalue weighted by molar-refractivity contribution is 5.73. The molecule has 16 heavy (non-hydrogen) atoms. The summed E-state index contributed by atoms with van der Waals surface area (Å²) < 4.78 is 36.4. The maximum atomic E-state index is 12.1. The minimum absolute atomic E-state index is 0.198. The zero-order chi connectivity index (χ0) is 13.0. The molecule has 7 heteroatoms. The first kappa shape index (κ1) is 15.2. The van der Waals surface area contributed by atoms with Gasteiger partial charge in [-0.1, -0.05) is 0 Å². The third kappa shape index (κ3) is 5.92. The monoisotopic (exact) mass is 243 g/mol. The summed E-state index contributed by atoms with van der Waals surface area (Å²) in [7, 11) is 0. The number of carboxylic acid groups (broad SMARTS) is 1. The van der Waals surface area contributed by atoms with Crippen LogP contribution in [0.15, 0.2) is 0 Å². The van der Waals surface area contributed by atoms with Crippen LogP contribution in [0.5, 0.6) is 0 Å². The second-order valence-electron chi connectivity index (χ2n) is 4.24. The van der Waals surface area contributed by atoms with E-state index in [-0.39, 0.29) is 13.1 Å². The summed E-state index contributed by atoms with van der Waals surface area (Å²) in [5.74, 6) is -1.17. The third-order valence-electron chi connectivity index (χ3n) is 2.02. The van der Waals surface area contributed by atoms with Gasteiger partial charge in [0.25, 0.3) is 0 Å². The summed E-state index contributed by atoms with van der Waals surface area (Å²) >= 11 is 0. The molecule has 0 spiro atoms. The summed E-state index contributed by atoms with van der Waals surface area (Å²) in [6.45, 7) is 0.570. The largest absolute Gasteiger partial charge is 0.481 e. The Hall–Kier alpha value is -0.820. The van der Waals surface area contributed by atoms with Gasteiger partial charge in [-0.2, -0.15) is 13.2 Å². The lowest BCUT2D eigenvalue weighted by Crippen LogP contribution is -2.44. The van der Waals surface area contributed by atoms with Crippen molar-refractivity contribution in [2.75, 3.05) is 26.2 Å². The fraction of sp³-hybridized carbons (Fsp3) is 0.889. The van der Waals surface area contributed by atoms with Crippen molar-refractivity contribution < 1.29 is 28.2 Å². The van der Waals surface area contributed by atoms with Crippen LogP contribution in [0.2, 0.25) is 0 Å². The van der Waals surface area contributed by atoms with Gasteiger partial charge in [0.2, 0.25) is 0 Å². The SMILES string of the molecule is CC(C)(CN(CCO)CC(F)(F)F)C(=O)O. The summed E-state index contributed by atoms with van der Waals surface area (Å²) in [5, 5.41) is 17.4. The number of nitrogens with zero attached hydrogens (tertiary/aromatic N) is 1. The van der Waals surface area contributed by atoms with Crippen molar-refractivity contribution in [3.05, 3.63) is 0 Å². The van der Waals surface area contributed by atoms with E-state index >= 15 is 0 Å². The van der Waals surface area contributed by atoms with Gasteiger partial charge in [0.1, 0.15) is 0 Å². The van der Waals surface area contributed by atoms with Crippen molar-refractivity contribution >= 4 is 5.97 Å². The minimum Gasteiger partial charge on any atom is -0.481 e. The molecule has 0 aromatic carbocycles. The lowest BCUT2D eigenvalue weighted by molar-refractivity contribution is -0.159. The average molecular weight is 243 g/mol. The van der Waals surface area contributed by atoms with E-state index in [4.69, 9.17) is 10.2 Å². The van der Waals surface area contributed by atoms with Crippen LogP contribution in [-0.2, 0) is 4.79 Å². The molecule has 0 saturated carbocycles. The Balaban J connectivity index is 4.50. The molecule has 2 N–H and O–H groups in total. The fourth-order valence-corrected chi connectivity index (χ4v) is 1.24. The Bertz CT molecular complexity index is 241. The second kappa shape index (κ2) is 5.49. The van der Waals surface area contributed by atoms with Crippen molar-refractivity contribution in [3.8, 4) is 0 Å². The molecule has 0 aromatic heterocycles. The van der Waals surface area contributed by atoms with Crippen LogP contribution in [0.3, 0.4) is 0 Å². The van der Waals surface area contributed by atoms with E-state index < -0.39 is 30.7 Å². The average Bonchev–Trinajstić information content (AvgIpc) is 1.99. The molecule has 0 aromatic rings. The van der Waals surface area contributed by atoms with Crippen molar-refractivity contribution in [2.24, 2.45) is 5.41 Å². The number of aliphatic hydroxyl groups is 1. The third-order valence-corrected chi connectivity index (χ3v) is 2.02. The van der Waals surface area contributed by atoms with Crippen LogP contribution in [0, 0.1) is 5.41 Å². The van der Waals surface area contributed by atoms with Crippen molar-refractivity contribution in [3.63, 3.8) is 0 Å². The minimum atomic E-state index is -4.40. The van der Waals surface area contributed by atoms with Gasteiger partial charge in [0, 0.05) is 13.1 Å². The normalized spacial score (nSPS) is 13.2. The van der Waals surface area contributed by atoms with Crippen LogP contribution >= 0.6 is 0 Å². The highest BCUT2D eigenvalue weighted by atomic mass is 19.4.